The summed E-state index contributed by atoms with van der Waals surface area (Å²) in [5.41, 5.74) is 5.58. The van der Waals surface area contributed by atoms with E-state index < -0.39 is 11.9 Å². The van der Waals surface area contributed by atoms with E-state index in [1.165, 1.54) is 0 Å². The van der Waals surface area contributed by atoms with E-state index >= 15 is 0 Å². The fourth-order valence-corrected chi connectivity index (χ4v) is 0. The van der Waals surface area contributed by atoms with Crippen LogP contribution < -0.4 is 5.73 Å². The third kappa shape index (κ3) is 16.0. The molecule has 0 spiro atoms. The van der Waals surface area contributed by atoms with Gasteiger partial charge in [-0.15, -0.1) is 0 Å². The SMILES string of the molecule is CCC(C)(C)N.O=C(O)C(=O)O. The molecule has 0 radical (unpaired) electrons. The Labute approximate surface area is 71.2 Å². The van der Waals surface area contributed by atoms with Gasteiger partial charge >= 0.3 is 11.9 Å². The first-order valence-corrected chi connectivity index (χ1v) is 3.45. The van der Waals surface area contributed by atoms with Gasteiger partial charge in [0.1, 0.15) is 0 Å². The first-order chi connectivity index (χ1) is 5.20. The van der Waals surface area contributed by atoms with Crippen molar-refractivity contribution in [3.05, 3.63) is 0 Å². The van der Waals surface area contributed by atoms with Crippen molar-refractivity contribution in [3.8, 4) is 0 Å². The van der Waals surface area contributed by atoms with Crippen molar-refractivity contribution in [2.45, 2.75) is 32.7 Å². The average molecular weight is 177 g/mol. The zero-order chi connectivity index (χ0) is 10.4. The predicted molar refractivity (Wildman–Crippen MR) is 43.8 cm³/mol. The first-order valence-electron chi connectivity index (χ1n) is 3.45. The van der Waals surface area contributed by atoms with Gasteiger partial charge in [0, 0.05) is 5.54 Å². The molecule has 4 N–H and O–H groups in total. The molecule has 0 unspecified atom stereocenters. The standard InChI is InChI=1S/C5H13N.C2H2O4/c1-4-5(2,3)6;3-1(4)2(5)6/h4,6H2,1-3H3;(H,3,4)(H,5,6). The van der Waals surface area contributed by atoms with E-state index in [1.807, 2.05) is 13.8 Å². The number of hydrogen-bond acceptors (Lipinski definition) is 3. The van der Waals surface area contributed by atoms with E-state index in [-0.39, 0.29) is 5.54 Å². The Morgan fingerprint density at radius 1 is 1.25 bits per heavy atom. The Hall–Kier alpha value is -1.10. The van der Waals surface area contributed by atoms with Crippen LogP contribution in [0.4, 0.5) is 0 Å². The van der Waals surface area contributed by atoms with Crippen LogP contribution in [-0.2, 0) is 9.59 Å². The van der Waals surface area contributed by atoms with Gasteiger partial charge in [-0.3, -0.25) is 0 Å². The van der Waals surface area contributed by atoms with Gasteiger partial charge in [0.2, 0.25) is 0 Å². The summed E-state index contributed by atoms with van der Waals surface area (Å²) < 4.78 is 0. The second-order valence-electron chi connectivity index (χ2n) is 2.95. The van der Waals surface area contributed by atoms with E-state index in [0.717, 1.165) is 6.42 Å². The third-order valence-corrected chi connectivity index (χ3v) is 1.09. The first kappa shape index (κ1) is 13.5. The second kappa shape index (κ2) is 5.54. The lowest BCUT2D eigenvalue weighted by Gasteiger charge is -2.13. The van der Waals surface area contributed by atoms with Crippen LogP contribution in [0.5, 0.6) is 0 Å². The molecule has 0 fully saturated rings. The Morgan fingerprint density at radius 2 is 1.42 bits per heavy atom. The molecule has 0 aromatic rings. The topological polar surface area (TPSA) is 101 Å². The van der Waals surface area contributed by atoms with Gasteiger partial charge in [-0.25, -0.2) is 9.59 Å². The fourth-order valence-electron chi connectivity index (χ4n) is 0. The zero-order valence-corrected chi connectivity index (χ0v) is 7.50. The lowest BCUT2D eigenvalue weighted by Crippen LogP contribution is -2.30. The maximum Gasteiger partial charge on any atom is 0.414 e. The molecule has 0 aliphatic carbocycles. The maximum absolute atomic E-state index is 9.10. The largest absolute Gasteiger partial charge is 0.473 e. The molecule has 5 nitrogen and oxygen atoms in total. The Bertz CT molecular complexity index is 147. The van der Waals surface area contributed by atoms with Crippen molar-refractivity contribution in [1.29, 1.82) is 0 Å². The number of rotatable bonds is 1. The predicted octanol–water partition coefficient (Wildman–Crippen LogP) is 0.289. The van der Waals surface area contributed by atoms with Crippen LogP contribution in [0.15, 0.2) is 0 Å². The van der Waals surface area contributed by atoms with Gasteiger partial charge in [-0.1, -0.05) is 6.92 Å². The van der Waals surface area contributed by atoms with Crippen molar-refractivity contribution in [2.75, 3.05) is 0 Å². The maximum atomic E-state index is 9.10. The monoisotopic (exact) mass is 177 g/mol. The zero-order valence-electron chi connectivity index (χ0n) is 7.50. The number of aliphatic carboxylic acids is 2. The molecule has 0 rings (SSSR count). The molecular formula is C7H15NO4. The van der Waals surface area contributed by atoms with Crippen molar-refractivity contribution in [3.63, 3.8) is 0 Å². The second-order valence-corrected chi connectivity index (χ2v) is 2.95. The highest BCUT2D eigenvalue weighted by Crippen LogP contribution is 1.99. The third-order valence-electron chi connectivity index (χ3n) is 1.09. The summed E-state index contributed by atoms with van der Waals surface area (Å²) in [6.07, 6.45) is 1.05. The molecule has 0 aromatic carbocycles. The number of carbonyl (C=O) groups is 2. The van der Waals surface area contributed by atoms with Gasteiger partial charge in [0.15, 0.2) is 0 Å². The summed E-state index contributed by atoms with van der Waals surface area (Å²) >= 11 is 0. The minimum atomic E-state index is -1.82. The molecule has 5 heteroatoms. The Kier molecular flexibility index (Phi) is 6.22. The number of nitrogens with two attached hydrogens (primary N) is 1. The van der Waals surface area contributed by atoms with Crippen molar-refractivity contribution < 1.29 is 19.8 Å². The highest BCUT2D eigenvalue weighted by molar-refractivity contribution is 6.27. The Morgan fingerprint density at radius 3 is 1.42 bits per heavy atom. The molecule has 0 aromatic heterocycles. The fraction of sp³-hybridized carbons (Fsp3) is 0.714. The van der Waals surface area contributed by atoms with Gasteiger partial charge in [-0.05, 0) is 20.3 Å². The number of carboxylic acids is 2. The van der Waals surface area contributed by atoms with Crippen molar-refractivity contribution in [2.24, 2.45) is 5.73 Å². The van der Waals surface area contributed by atoms with E-state index in [4.69, 9.17) is 25.5 Å². The van der Waals surface area contributed by atoms with E-state index in [2.05, 4.69) is 6.92 Å². The quantitative estimate of drug-likeness (QED) is 0.500. The van der Waals surface area contributed by atoms with E-state index in [1.54, 1.807) is 0 Å². The van der Waals surface area contributed by atoms with Crippen LogP contribution in [-0.4, -0.2) is 27.7 Å². The normalized spacial score (nSPS) is 9.67. The van der Waals surface area contributed by atoms with E-state index in [0.29, 0.717) is 0 Å². The van der Waals surface area contributed by atoms with Crippen LogP contribution in [0.25, 0.3) is 0 Å². The lowest BCUT2D eigenvalue weighted by atomic mass is 10.1. The van der Waals surface area contributed by atoms with Gasteiger partial charge in [-0.2, -0.15) is 0 Å². The summed E-state index contributed by atoms with van der Waals surface area (Å²) in [7, 11) is 0. The van der Waals surface area contributed by atoms with Crippen molar-refractivity contribution >= 4 is 11.9 Å². The molecule has 0 aliphatic rings. The summed E-state index contributed by atoms with van der Waals surface area (Å²) in [5, 5.41) is 14.8. The lowest BCUT2D eigenvalue weighted by molar-refractivity contribution is -0.159. The molecule has 0 amide bonds. The molecule has 0 saturated heterocycles. The molecule has 72 valence electrons. The Balaban J connectivity index is 0. The number of carboxylic acid groups (broad SMARTS) is 2. The van der Waals surface area contributed by atoms with Crippen LogP contribution in [0, 0.1) is 0 Å². The molecular weight excluding hydrogens is 162 g/mol. The van der Waals surface area contributed by atoms with Crippen LogP contribution in [0.2, 0.25) is 0 Å². The van der Waals surface area contributed by atoms with Crippen LogP contribution >= 0.6 is 0 Å². The van der Waals surface area contributed by atoms with E-state index in [9.17, 15) is 0 Å². The average Bonchev–Trinajstić information content (AvgIpc) is 1.87. The molecule has 0 aliphatic heterocycles. The summed E-state index contributed by atoms with van der Waals surface area (Å²) in [6.45, 7) is 6.12. The summed E-state index contributed by atoms with van der Waals surface area (Å²) in [5.74, 6) is -3.65. The molecule has 0 saturated carbocycles. The van der Waals surface area contributed by atoms with Gasteiger partial charge in [0.25, 0.3) is 0 Å². The minimum Gasteiger partial charge on any atom is -0.473 e. The molecule has 0 atom stereocenters. The molecule has 0 heterocycles. The van der Waals surface area contributed by atoms with Gasteiger partial charge in [0.05, 0.1) is 0 Å². The highest BCUT2D eigenvalue weighted by atomic mass is 16.4. The number of hydrogen-bond donors (Lipinski definition) is 3. The van der Waals surface area contributed by atoms with Crippen LogP contribution in [0.1, 0.15) is 27.2 Å². The van der Waals surface area contributed by atoms with Crippen molar-refractivity contribution in [1.82, 2.24) is 0 Å². The molecule has 12 heavy (non-hydrogen) atoms. The van der Waals surface area contributed by atoms with Gasteiger partial charge < -0.3 is 15.9 Å². The highest BCUT2D eigenvalue weighted by Gasteiger charge is 2.04. The minimum absolute atomic E-state index is 0.0417. The van der Waals surface area contributed by atoms with Crippen LogP contribution in [0.3, 0.4) is 0 Å². The summed E-state index contributed by atoms with van der Waals surface area (Å²) in [6, 6.07) is 0. The molecule has 0 bridgehead atoms. The summed E-state index contributed by atoms with van der Waals surface area (Å²) in [4.78, 5) is 18.2. The smallest absolute Gasteiger partial charge is 0.414 e.